The normalized spacial score (nSPS) is 14.5. The molecular formula is C34H33N5O4S2. The minimum atomic E-state index is -0.301. The molecule has 0 fully saturated rings. The van der Waals surface area contributed by atoms with Gasteiger partial charge in [-0.25, -0.2) is 4.68 Å². The molecule has 0 saturated heterocycles. The number of methoxy groups -OCH3 is 2. The average molecular weight is 640 g/mol. The number of carbonyl (C=O) groups is 2. The number of carbonyl (C=O) groups excluding carboxylic acids is 2. The number of hydrogen-bond donors (Lipinski definition) is 1. The molecule has 0 aliphatic carbocycles. The summed E-state index contributed by atoms with van der Waals surface area (Å²) in [7, 11) is 3.23. The Balaban J connectivity index is 1.60. The number of nitrogens with zero attached hydrogens (tertiary/aromatic N) is 4. The minimum absolute atomic E-state index is 0.181. The van der Waals surface area contributed by atoms with Crippen molar-refractivity contribution in [2.75, 3.05) is 31.4 Å². The lowest BCUT2D eigenvalue weighted by Crippen LogP contribution is -2.42. The van der Waals surface area contributed by atoms with Crippen LogP contribution in [-0.2, 0) is 16.1 Å². The quantitative estimate of drug-likeness (QED) is 0.208. The first kappa shape index (κ1) is 30.4. The molecule has 0 spiro atoms. The Morgan fingerprint density at radius 1 is 1.00 bits per heavy atom. The molecule has 9 nitrogen and oxygen atoms in total. The molecule has 1 aliphatic rings. The third-order valence-electron chi connectivity index (χ3n) is 7.85. The molecule has 45 heavy (non-hydrogen) atoms. The van der Waals surface area contributed by atoms with E-state index in [0.29, 0.717) is 28.6 Å². The van der Waals surface area contributed by atoms with Crippen LogP contribution in [0.5, 0.6) is 11.5 Å². The van der Waals surface area contributed by atoms with Crippen LogP contribution < -0.4 is 19.7 Å². The van der Waals surface area contributed by atoms with Crippen molar-refractivity contribution in [3.8, 4) is 28.4 Å². The van der Waals surface area contributed by atoms with Crippen LogP contribution in [0.3, 0.4) is 0 Å². The number of amides is 2. The summed E-state index contributed by atoms with van der Waals surface area (Å²) in [6.07, 6.45) is 1.68. The first-order valence-electron chi connectivity index (χ1n) is 14.4. The molecule has 230 valence electrons. The molecule has 1 atom stereocenters. The number of benzene rings is 2. The second kappa shape index (κ2) is 13.2. The average Bonchev–Trinajstić information content (AvgIpc) is 3.70. The SMILES string of the molecule is COc1cccc(OC)c1-c1nn(-c2cccc(C)c2C)c2c1[C@H](c1cccs1)SCC(=O)N2CC(=O)NCc1ccccn1. The smallest absolute Gasteiger partial charge is 0.240 e. The largest absolute Gasteiger partial charge is 0.496 e. The zero-order chi connectivity index (χ0) is 31.5. The summed E-state index contributed by atoms with van der Waals surface area (Å²) < 4.78 is 13.5. The van der Waals surface area contributed by atoms with E-state index >= 15 is 0 Å². The van der Waals surface area contributed by atoms with Crippen LogP contribution in [0, 0.1) is 13.8 Å². The lowest BCUT2D eigenvalue weighted by Gasteiger charge is -2.24. The Labute approximate surface area is 270 Å². The predicted octanol–water partition coefficient (Wildman–Crippen LogP) is 6.12. The fourth-order valence-electron chi connectivity index (χ4n) is 5.48. The summed E-state index contributed by atoms with van der Waals surface area (Å²) in [4.78, 5) is 34.5. The Kier molecular flexibility index (Phi) is 8.90. The van der Waals surface area contributed by atoms with E-state index in [4.69, 9.17) is 14.6 Å². The van der Waals surface area contributed by atoms with Gasteiger partial charge in [-0.2, -0.15) is 5.10 Å². The van der Waals surface area contributed by atoms with Crippen LogP contribution in [0.2, 0.25) is 0 Å². The third kappa shape index (κ3) is 5.93. The van der Waals surface area contributed by atoms with Crippen LogP contribution in [0.1, 0.15) is 32.5 Å². The van der Waals surface area contributed by atoms with Crippen molar-refractivity contribution >= 4 is 40.7 Å². The zero-order valence-corrected chi connectivity index (χ0v) is 27.1. The highest BCUT2D eigenvalue weighted by molar-refractivity contribution is 8.00. The Bertz CT molecular complexity index is 1820. The van der Waals surface area contributed by atoms with Gasteiger partial charge in [0.15, 0.2) is 0 Å². The predicted molar refractivity (Wildman–Crippen MR) is 179 cm³/mol. The van der Waals surface area contributed by atoms with Gasteiger partial charge in [0.25, 0.3) is 0 Å². The second-order valence-electron chi connectivity index (χ2n) is 10.5. The maximum Gasteiger partial charge on any atom is 0.240 e. The molecule has 1 aliphatic heterocycles. The number of anilines is 1. The van der Waals surface area contributed by atoms with Crippen LogP contribution in [0.25, 0.3) is 16.9 Å². The summed E-state index contributed by atoms with van der Waals surface area (Å²) in [5.41, 5.74) is 5.76. The van der Waals surface area contributed by atoms with Crippen molar-refractivity contribution in [3.63, 3.8) is 0 Å². The molecule has 3 aromatic heterocycles. The number of pyridine rings is 1. The summed E-state index contributed by atoms with van der Waals surface area (Å²) >= 11 is 3.15. The summed E-state index contributed by atoms with van der Waals surface area (Å²) in [5.74, 6) is 1.43. The molecule has 11 heteroatoms. The molecule has 2 amide bonds. The van der Waals surface area contributed by atoms with E-state index in [1.165, 1.54) is 11.8 Å². The molecule has 1 N–H and O–H groups in total. The number of aryl methyl sites for hydroxylation is 1. The third-order valence-corrected chi connectivity index (χ3v) is 10.2. The first-order valence-corrected chi connectivity index (χ1v) is 16.4. The minimum Gasteiger partial charge on any atom is -0.496 e. The number of thiophene rings is 1. The van der Waals surface area contributed by atoms with E-state index in [2.05, 4.69) is 16.4 Å². The van der Waals surface area contributed by atoms with Crippen LogP contribution >= 0.6 is 23.1 Å². The van der Waals surface area contributed by atoms with E-state index in [0.717, 1.165) is 32.9 Å². The lowest BCUT2D eigenvalue weighted by atomic mass is 10.0. The topological polar surface area (TPSA) is 98.6 Å². The Morgan fingerprint density at radius 3 is 2.47 bits per heavy atom. The molecule has 0 saturated carbocycles. The fraction of sp³-hybridized carbons (Fsp3) is 0.235. The number of hydrogen-bond acceptors (Lipinski definition) is 8. The van der Waals surface area contributed by atoms with E-state index in [1.54, 1.807) is 36.7 Å². The molecule has 2 aromatic carbocycles. The van der Waals surface area contributed by atoms with Crippen molar-refractivity contribution in [2.45, 2.75) is 25.6 Å². The van der Waals surface area contributed by atoms with Crippen molar-refractivity contribution < 1.29 is 19.1 Å². The second-order valence-corrected chi connectivity index (χ2v) is 12.6. The maximum absolute atomic E-state index is 14.1. The molecule has 5 aromatic rings. The number of nitrogens with one attached hydrogen (secondary N) is 1. The number of aromatic nitrogens is 3. The van der Waals surface area contributed by atoms with E-state index < -0.39 is 0 Å². The molecule has 4 heterocycles. The van der Waals surface area contributed by atoms with Gasteiger partial charge in [0.05, 0.1) is 48.7 Å². The monoisotopic (exact) mass is 639 g/mol. The number of rotatable bonds is 9. The summed E-state index contributed by atoms with van der Waals surface area (Å²) in [6.45, 7) is 4.15. The maximum atomic E-state index is 14.1. The van der Waals surface area contributed by atoms with E-state index in [9.17, 15) is 9.59 Å². The van der Waals surface area contributed by atoms with Crippen molar-refractivity contribution in [1.29, 1.82) is 0 Å². The van der Waals surface area contributed by atoms with Gasteiger partial charge >= 0.3 is 0 Å². The van der Waals surface area contributed by atoms with E-state index in [-0.39, 0.29) is 35.9 Å². The first-order chi connectivity index (χ1) is 21.9. The molecule has 0 bridgehead atoms. The Morgan fingerprint density at radius 2 is 1.78 bits per heavy atom. The van der Waals surface area contributed by atoms with E-state index in [1.807, 2.05) is 84.6 Å². The van der Waals surface area contributed by atoms with Crippen molar-refractivity contribution in [2.24, 2.45) is 0 Å². The van der Waals surface area contributed by atoms with Gasteiger partial charge in [-0.3, -0.25) is 19.5 Å². The highest BCUT2D eigenvalue weighted by Gasteiger charge is 2.39. The van der Waals surface area contributed by atoms with Gasteiger partial charge in [-0.1, -0.05) is 30.3 Å². The van der Waals surface area contributed by atoms with Gasteiger partial charge in [-0.05, 0) is 66.8 Å². The van der Waals surface area contributed by atoms with Gasteiger partial charge in [0, 0.05) is 16.6 Å². The van der Waals surface area contributed by atoms with Gasteiger partial charge in [0.2, 0.25) is 11.8 Å². The highest BCUT2D eigenvalue weighted by atomic mass is 32.2. The van der Waals surface area contributed by atoms with Crippen LogP contribution in [0.15, 0.2) is 78.3 Å². The number of fused-ring (bicyclic) bond motifs is 1. The highest BCUT2D eigenvalue weighted by Crippen LogP contribution is 2.52. The molecule has 6 rings (SSSR count). The summed E-state index contributed by atoms with van der Waals surface area (Å²) in [6, 6.07) is 21.3. The number of ether oxygens (including phenoxy) is 2. The van der Waals surface area contributed by atoms with Crippen LogP contribution in [0.4, 0.5) is 5.82 Å². The van der Waals surface area contributed by atoms with Crippen LogP contribution in [-0.4, -0.2) is 53.1 Å². The Hall–Kier alpha value is -4.61. The number of thioether (sulfide) groups is 1. The lowest BCUT2D eigenvalue weighted by molar-refractivity contribution is -0.123. The van der Waals surface area contributed by atoms with Crippen molar-refractivity contribution in [3.05, 3.63) is 106 Å². The fourth-order valence-corrected chi connectivity index (χ4v) is 7.65. The van der Waals surface area contributed by atoms with Gasteiger partial charge in [-0.15, -0.1) is 23.1 Å². The van der Waals surface area contributed by atoms with Gasteiger partial charge in [0.1, 0.15) is 29.6 Å². The summed E-state index contributed by atoms with van der Waals surface area (Å²) in [5, 5.41) is 9.98. The van der Waals surface area contributed by atoms with Crippen molar-refractivity contribution in [1.82, 2.24) is 20.1 Å². The molecule has 0 unspecified atom stereocenters. The zero-order valence-electron chi connectivity index (χ0n) is 25.4. The molecular weight excluding hydrogens is 607 g/mol. The molecule has 0 radical (unpaired) electrons. The van der Waals surface area contributed by atoms with Gasteiger partial charge < -0.3 is 14.8 Å². The standard InChI is InChI=1S/C34H33N5O4S2/c1-21-10-7-12-24(22(21)2)39-34-31(32(37-39)30-25(42-3)13-8-14-26(30)43-4)33(27-15-9-17-44-27)45-20-29(41)38(34)19-28(40)36-18-23-11-5-6-16-35-23/h5-17,33H,18-20H2,1-4H3,(H,36,40)/t33-/m0/s1.